The number of phenolic OH excluding ortho intramolecular Hbond substituents is 1. The Morgan fingerprint density at radius 3 is 2.10 bits per heavy atom. The third-order valence-electron chi connectivity index (χ3n) is 7.67. The van der Waals surface area contributed by atoms with Gasteiger partial charge in [-0.05, 0) is 58.5 Å². The summed E-state index contributed by atoms with van der Waals surface area (Å²) in [5.41, 5.74) is 10.4. The van der Waals surface area contributed by atoms with Crippen LogP contribution in [0.2, 0.25) is 0 Å². The van der Waals surface area contributed by atoms with Crippen LogP contribution in [0, 0.1) is 13.0 Å². The summed E-state index contributed by atoms with van der Waals surface area (Å²) in [6.07, 6.45) is 1.91. The molecule has 0 aliphatic rings. The maximum absolute atomic E-state index is 10.5. The van der Waals surface area contributed by atoms with E-state index in [-0.39, 0.29) is 37.6 Å². The molecule has 6 rings (SSSR count). The van der Waals surface area contributed by atoms with Gasteiger partial charge in [-0.1, -0.05) is 88.6 Å². The second-order valence-corrected chi connectivity index (χ2v) is 13.0. The SMILES string of the molecule is Cc1cc(-c2[c-]c(-c3cc(C(C)(C)C)cc4oc(-c5ccccc5O)nc34)ccc2)c2nccc(C(C)(C)C)c2c1.[Pt]. The van der Waals surface area contributed by atoms with E-state index in [0.717, 1.165) is 38.9 Å². The van der Waals surface area contributed by atoms with Gasteiger partial charge in [0.1, 0.15) is 11.3 Å². The van der Waals surface area contributed by atoms with Gasteiger partial charge >= 0.3 is 0 Å². The Balaban J connectivity index is 0.00000353. The second-order valence-electron chi connectivity index (χ2n) is 13.0. The third kappa shape index (κ3) is 5.41. The van der Waals surface area contributed by atoms with Gasteiger partial charge in [0, 0.05) is 32.8 Å². The third-order valence-corrected chi connectivity index (χ3v) is 7.67. The predicted octanol–water partition coefficient (Wildman–Crippen LogP) is 9.78. The van der Waals surface area contributed by atoms with Crippen LogP contribution < -0.4 is 0 Å². The van der Waals surface area contributed by atoms with Crippen LogP contribution in [-0.4, -0.2) is 15.1 Å². The van der Waals surface area contributed by atoms with Gasteiger partial charge in [-0.3, -0.25) is 4.98 Å². The molecule has 6 aromatic rings. The first-order valence-electron chi connectivity index (χ1n) is 14.1. The predicted molar refractivity (Wildman–Crippen MR) is 168 cm³/mol. The quantitative estimate of drug-likeness (QED) is 0.184. The van der Waals surface area contributed by atoms with E-state index in [4.69, 9.17) is 14.4 Å². The zero-order chi connectivity index (χ0) is 29.1. The fraction of sp³-hybridized carbons (Fsp3) is 0.243. The van der Waals surface area contributed by atoms with E-state index in [1.165, 1.54) is 16.5 Å². The number of pyridine rings is 1. The summed E-state index contributed by atoms with van der Waals surface area (Å²) in [4.78, 5) is 9.74. The van der Waals surface area contributed by atoms with E-state index in [2.05, 4.69) is 103 Å². The molecule has 216 valence electrons. The average molecular weight is 735 g/mol. The van der Waals surface area contributed by atoms with Gasteiger partial charge < -0.3 is 9.52 Å². The van der Waals surface area contributed by atoms with Crippen LogP contribution in [0.3, 0.4) is 0 Å². The number of para-hydroxylation sites is 1. The number of hydrogen-bond donors (Lipinski definition) is 1. The maximum Gasteiger partial charge on any atom is 0.230 e. The molecule has 1 N–H and O–H groups in total. The second kappa shape index (κ2) is 10.8. The Morgan fingerprint density at radius 1 is 0.738 bits per heavy atom. The van der Waals surface area contributed by atoms with Crippen LogP contribution in [0.4, 0.5) is 0 Å². The van der Waals surface area contributed by atoms with Crippen LogP contribution in [0.15, 0.2) is 83.4 Å². The molecule has 0 saturated heterocycles. The minimum Gasteiger partial charge on any atom is -0.507 e. The molecule has 0 aliphatic heterocycles. The molecule has 0 amide bonds. The van der Waals surface area contributed by atoms with Gasteiger partial charge in [0.2, 0.25) is 5.89 Å². The molecule has 0 radical (unpaired) electrons. The van der Waals surface area contributed by atoms with Crippen molar-refractivity contribution in [1.29, 1.82) is 0 Å². The fourth-order valence-corrected chi connectivity index (χ4v) is 5.48. The number of aromatic hydroxyl groups is 1. The Hall–Kier alpha value is -3.75. The number of oxazole rings is 1. The van der Waals surface area contributed by atoms with Crippen molar-refractivity contribution in [1.82, 2.24) is 9.97 Å². The average Bonchev–Trinajstić information content (AvgIpc) is 3.35. The number of benzene rings is 4. The number of aryl methyl sites for hydroxylation is 1. The minimum absolute atomic E-state index is 0. The molecular formula is C37H35N2O2Pt-. The molecule has 0 aliphatic carbocycles. The summed E-state index contributed by atoms with van der Waals surface area (Å²) in [5, 5.41) is 11.7. The zero-order valence-corrected chi connectivity index (χ0v) is 27.3. The van der Waals surface area contributed by atoms with E-state index in [0.29, 0.717) is 17.0 Å². The zero-order valence-electron chi connectivity index (χ0n) is 25.1. The molecule has 5 heteroatoms. The van der Waals surface area contributed by atoms with Crippen LogP contribution in [0.1, 0.15) is 58.2 Å². The maximum atomic E-state index is 10.5. The minimum atomic E-state index is -0.109. The summed E-state index contributed by atoms with van der Waals surface area (Å²) in [5.74, 6) is 0.531. The van der Waals surface area contributed by atoms with Crippen molar-refractivity contribution in [2.75, 3.05) is 0 Å². The van der Waals surface area contributed by atoms with Gasteiger partial charge in [0.05, 0.1) is 11.1 Å². The molecule has 0 fully saturated rings. The molecular weight excluding hydrogens is 699 g/mol. The van der Waals surface area contributed by atoms with Crippen molar-refractivity contribution < 1.29 is 30.6 Å². The standard InChI is InChI=1S/C37H35N2O2.Pt/c1-22-17-27(33-29(18-22)30(15-16-38-33)37(5,6)7)23-11-10-12-24(19-23)28-20-25(36(2,3)4)21-32-34(28)39-35(41-32)26-13-8-9-14-31(26)40;/h8-18,20-21,40H,1-7H3;/q-1;. The smallest absolute Gasteiger partial charge is 0.230 e. The monoisotopic (exact) mass is 734 g/mol. The van der Waals surface area contributed by atoms with Crippen molar-refractivity contribution in [2.24, 2.45) is 0 Å². The largest absolute Gasteiger partial charge is 0.507 e. The molecule has 2 aromatic heterocycles. The van der Waals surface area contributed by atoms with Crippen molar-refractivity contribution >= 4 is 22.0 Å². The van der Waals surface area contributed by atoms with E-state index in [1.807, 2.05) is 18.3 Å². The molecule has 4 aromatic carbocycles. The first-order chi connectivity index (χ1) is 19.4. The topological polar surface area (TPSA) is 59.2 Å². The normalized spacial score (nSPS) is 12.1. The molecule has 0 bridgehead atoms. The molecule has 42 heavy (non-hydrogen) atoms. The van der Waals surface area contributed by atoms with Crippen LogP contribution in [0.25, 0.3) is 55.7 Å². The Kier molecular flexibility index (Phi) is 7.66. The first kappa shape index (κ1) is 29.7. The summed E-state index contributed by atoms with van der Waals surface area (Å²) < 4.78 is 6.27. The number of hydrogen-bond acceptors (Lipinski definition) is 4. The number of fused-ring (bicyclic) bond motifs is 2. The first-order valence-corrected chi connectivity index (χ1v) is 14.1. The van der Waals surface area contributed by atoms with Crippen LogP contribution >= 0.6 is 0 Å². The van der Waals surface area contributed by atoms with Gasteiger partial charge in [-0.25, -0.2) is 4.98 Å². The summed E-state index contributed by atoms with van der Waals surface area (Å²) in [6, 6.07) is 27.9. The Labute approximate surface area is 262 Å². The van der Waals surface area contributed by atoms with Crippen LogP contribution in [-0.2, 0) is 31.9 Å². The van der Waals surface area contributed by atoms with Crippen molar-refractivity contribution in [2.45, 2.75) is 59.3 Å². The molecule has 4 nitrogen and oxygen atoms in total. The van der Waals surface area contributed by atoms with Gasteiger partial charge in [0.15, 0.2) is 0 Å². The molecule has 0 atom stereocenters. The van der Waals surface area contributed by atoms with Gasteiger partial charge in [-0.2, -0.15) is 0 Å². The summed E-state index contributed by atoms with van der Waals surface area (Å²) >= 11 is 0. The van der Waals surface area contributed by atoms with Gasteiger partial charge in [0.25, 0.3) is 0 Å². The molecule has 0 saturated carbocycles. The number of rotatable bonds is 3. The van der Waals surface area contributed by atoms with E-state index >= 15 is 0 Å². The number of nitrogens with zero attached hydrogens (tertiary/aromatic N) is 2. The van der Waals surface area contributed by atoms with Gasteiger partial charge in [-0.15, -0.1) is 35.4 Å². The Morgan fingerprint density at radius 2 is 1.43 bits per heavy atom. The number of phenols is 1. The van der Waals surface area contributed by atoms with Crippen LogP contribution in [0.5, 0.6) is 5.75 Å². The summed E-state index contributed by atoms with van der Waals surface area (Å²) in [6.45, 7) is 15.4. The Bertz CT molecular complexity index is 1940. The van der Waals surface area contributed by atoms with Crippen molar-refractivity contribution in [3.63, 3.8) is 0 Å². The number of aromatic nitrogens is 2. The molecule has 2 heterocycles. The van der Waals surface area contributed by atoms with E-state index < -0.39 is 0 Å². The van der Waals surface area contributed by atoms with E-state index in [1.54, 1.807) is 12.1 Å². The van der Waals surface area contributed by atoms with Crippen molar-refractivity contribution in [3.8, 4) is 39.5 Å². The molecule has 0 unspecified atom stereocenters. The van der Waals surface area contributed by atoms with Crippen molar-refractivity contribution in [3.05, 3.63) is 102 Å². The fourth-order valence-electron chi connectivity index (χ4n) is 5.48. The van der Waals surface area contributed by atoms with E-state index in [9.17, 15) is 5.11 Å². The molecule has 0 spiro atoms. The summed E-state index contributed by atoms with van der Waals surface area (Å²) in [7, 11) is 0.